The van der Waals surface area contributed by atoms with E-state index in [1.165, 1.54) is 0 Å². The Labute approximate surface area is 56.4 Å². The van der Waals surface area contributed by atoms with Crippen LogP contribution in [0.3, 0.4) is 0 Å². The lowest BCUT2D eigenvalue weighted by Gasteiger charge is -2.06. The molecule has 0 aliphatic carbocycles. The van der Waals surface area contributed by atoms with Gasteiger partial charge in [-0.15, -0.1) is 0 Å². The minimum Gasteiger partial charge on any atom is -0.368 e. The van der Waals surface area contributed by atoms with E-state index in [1.54, 1.807) is 5.48 Å². The second-order valence-electron chi connectivity index (χ2n) is 1.10. The van der Waals surface area contributed by atoms with Crippen LogP contribution in [0.25, 0.3) is 0 Å². The van der Waals surface area contributed by atoms with E-state index >= 15 is 0 Å². The third kappa shape index (κ3) is 7.80. The van der Waals surface area contributed by atoms with Crippen molar-refractivity contribution in [1.82, 2.24) is 5.48 Å². The number of hydrogen-bond donors (Lipinski definition) is 5. The Bertz CT molecular complexity index is 153. The Morgan fingerprint density at radius 3 is 2.33 bits per heavy atom. The molecule has 0 spiro atoms. The van der Waals surface area contributed by atoms with E-state index in [4.69, 9.17) is 20.9 Å². The first-order valence-corrected chi connectivity index (χ1v) is 4.38. The van der Waals surface area contributed by atoms with Crippen LogP contribution in [0.4, 0.5) is 0 Å². The topological polar surface area (TPSA) is 112 Å². The maximum absolute atomic E-state index is 8.31. The average molecular weight is 171 g/mol. The fraction of sp³-hybridized carbons (Fsp3) is 0. The molecule has 0 radical (unpaired) electrons. The molecule has 0 bridgehead atoms. The van der Waals surface area contributed by atoms with Crippen molar-refractivity contribution < 1.29 is 14.4 Å². The van der Waals surface area contributed by atoms with Crippen LogP contribution >= 0.6 is 6.72 Å². The van der Waals surface area contributed by atoms with Gasteiger partial charge in [-0.2, -0.15) is 4.62 Å². The monoisotopic (exact) mass is 171 g/mol. The van der Waals surface area contributed by atoms with Gasteiger partial charge in [0.25, 0.3) is 0 Å². The summed E-state index contributed by atoms with van der Waals surface area (Å²) in [4.78, 5) is 16.6. The Hall–Kier alpha value is -0.200. The molecular weight excluding hydrogens is 165 g/mol. The molecule has 0 aromatic rings. The van der Waals surface area contributed by atoms with Gasteiger partial charge < -0.3 is 15.5 Å². The Kier molecular flexibility index (Phi) is 3.02. The van der Waals surface area contributed by atoms with E-state index in [1.807, 2.05) is 0 Å². The van der Waals surface area contributed by atoms with Crippen LogP contribution < -0.4 is 11.2 Å². The smallest absolute Gasteiger partial charge is 0.343 e. The summed E-state index contributed by atoms with van der Waals surface area (Å²) in [6.45, 7) is -3.72. The van der Waals surface area contributed by atoms with Gasteiger partial charge in [0.1, 0.15) is 0 Å². The van der Waals surface area contributed by atoms with Crippen LogP contribution in [-0.4, -0.2) is 15.7 Å². The van der Waals surface area contributed by atoms with E-state index in [0.29, 0.717) is 0 Å². The number of rotatable bonds is 2. The number of hydrogen-bond acceptors (Lipinski definition) is 3. The molecule has 0 saturated carbocycles. The van der Waals surface area contributed by atoms with Gasteiger partial charge in [0.15, 0.2) is 0 Å². The van der Waals surface area contributed by atoms with Crippen molar-refractivity contribution in [2.75, 3.05) is 0 Å². The molecule has 0 unspecified atom stereocenters. The molecule has 0 aliphatic rings. The highest BCUT2D eigenvalue weighted by molar-refractivity contribution is 8.06. The van der Waals surface area contributed by atoms with Crippen molar-refractivity contribution in [3.63, 3.8) is 0 Å². The van der Waals surface area contributed by atoms with Gasteiger partial charge >= 0.3 is 6.72 Å². The molecule has 0 aromatic heterocycles. The maximum atomic E-state index is 8.31. The number of hydroxylamine groups is 1. The summed E-state index contributed by atoms with van der Waals surface area (Å²) in [6.07, 6.45) is 0. The zero-order chi connectivity index (χ0) is 7.49. The summed E-state index contributed by atoms with van der Waals surface area (Å²) < 4.78 is 3.93. The van der Waals surface area contributed by atoms with Gasteiger partial charge in [-0.25, -0.2) is 5.48 Å². The standard InChI is InChI=1S/CH6N3O3PS/c2-1(3)4-7-8(5,6)9/h(H4,2,3,4)(H2,5,6,9). The van der Waals surface area contributed by atoms with Gasteiger partial charge in [0.05, 0.1) is 0 Å². The van der Waals surface area contributed by atoms with Gasteiger partial charge in [0, 0.05) is 0 Å². The van der Waals surface area contributed by atoms with Gasteiger partial charge in [-0.1, -0.05) is 0 Å². The highest BCUT2D eigenvalue weighted by Gasteiger charge is 2.06. The van der Waals surface area contributed by atoms with E-state index in [0.717, 1.165) is 0 Å². The van der Waals surface area contributed by atoms with Crippen LogP contribution in [0.1, 0.15) is 0 Å². The molecule has 0 rings (SSSR count). The highest BCUT2D eigenvalue weighted by atomic mass is 32.5. The minimum absolute atomic E-state index is 0.535. The summed E-state index contributed by atoms with van der Waals surface area (Å²) >= 11 is 3.99. The first-order chi connectivity index (χ1) is 3.92. The molecule has 8 heteroatoms. The van der Waals surface area contributed by atoms with Crippen LogP contribution in [0.5, 0.6) is 0 Å². The van der Waals surface area contributed by atoms with E-state index in [2.05, 4.69) is 16.4 Å². The molecular formula is CH6N3O3PS. The molecule has 6 N–H and O–H groups in total. The number of guanidine groups is 1. The molecule has 0 heterocycles. The largest absolute Gasteiger partial charge is 0.368 e. The fourth-order valence-electron chi connectivity index (χ4n) is 0.109. The quantitative estimate of drug-likeness (QED) is 0.151. The summed E-state index contributed by atoms with van der Waals surface area (Å²) in [5, 5.41) is 6.47. The van der Waals surface area contributed by atoms with Crippen LogP contribution in [0.15, 0.2) is 0 Å². The predicted molar refractivity (Wildman–Crippen MR) is 34.9 cm³/mol. The molecule has 0 saturated heterocycles. The molecule has 0 amide bonds. The molecule has 0 atom stereocenters. The van der Waals surface area contributed by atoms with Crippen molar-refractivity contribution in [2.24, 2.45) is 5.73 Å². The van der Waals surface area contributed by atoms with E-state index in [-0.39, 0.29) is 0 Å². The maximum Gasteiger partial charge on any atom is 0.343 e. The second kappa shape index (κ2) is 3.09. The number of nitrogens with one attached hydrogen (secondary N) is 2. The minimum atomic E-state index is -3.72. The Balaban J connectivity index is 3.53. The average Bonchev–Trinajstić information content (AvgIpc) is 1.59. The lowest BCUT2D eigenvalue weighted by molar-refractivity contribution is 0.208. The summed E-state index contributed by atoms with van der Waals surface area (Å²) in [7, 11) is 0. The van der Waals surface area contributed by atoms with Crippen molar-refractivity contribution in [1.29, 1.82) is 5.41 Å². The van der Waals surface area contributed by atoms with Crippen molar-refractivity contribution in [3.8, 4) is 0 Å². The third-order valence-corrected chi connectivity index (χ3v) is 0.827. The molecule has 0 aliphatic heterocycles. The zero-order valence-electron chi connectivity index (χ0n) is 4.24. The first kappa shape index (κ1) is 8.80. The van der Waals surface area contributed by atoms with Crippen LogP contribution in [0, 0.1) is 5.41 Å². The molecule has 9 heavy (non-hydrogen) atoms. The van der Waals surface area contributed by atoms with Crippen LogP contribution in [-0.2, 0) is 16.4 Å². The van der Waals surface area contributed by atoms with Crippen molar-refractivity contribution >= 4 is 24.5 Å². The summed E-state index contributed by atoms with van der Waals surface area (Å²) in [6, 6.07) is 0. The van der Waals surface area contributed by atoms with Gasteiger partial charge in [0.2, 0.25) is 5.96 Å². The summed E-state index contributed by atoms with van der Waals surface area (Å²) in [5.74, 6) is -0.535. The summed E-state index contributed by atoms with van der Waals surface area (Å²) in [5.41, 5.74) is 6.39. The zero-order valence-corrected chi connectivity index (χ0v) is 5.95. The number of nitrogens with two attached hydrogens (primary N) is 1. The predicted octanol–water partition coefficient (Wildman–Crippen LogP) is -1.39. The SMILES string of the molecule is N=C(N)NOP(O)(O)=S. The lowest BCUT2D eigenvalue weighted by Crippen LogP contribution is -2.29. The van der Waals surface area contributed by atoms with Crippen molar-refractivity contribution in [2.45, 2.75) is 0 Å². The van der Waals surface area contributed by atoms with E-state index in [9.17, 15) is 0 Å². The lowest BCUT2D eigenvalue weighted by atomic mass is 11.1. The molecule has 54 valence electrons. The van der Waals surface area contributed by atoms with Gasteiger partial charge in [-0.05, 0) is 11.8 Å². The molecule has 6 nitrogen and oxygen atoms in total. The fourth-order valence-corrected chi connectivity index (χ4v) is 0.438. The molecule has 0 aromatic carbocycles. The van der Waals surface area contributed by atoms with E-state index < -0.39 is 12.7 Å². The van der Waals surface area contributed by atoms with Gasteiger partial charge in [-0.3, -0.25) is 5.41 Å². The highest BCUT2D eigenvalue weighted by Crippen LogP contribution is 2.34. The van der Waals surface area contributed by atoms with Crippen molar-refractivity contribution in [3.05, 3.63) is 0 Å². The second-order valence-corrected chi connectivity index (χ2v) is 3.69. The molecule has 0 fully saturated rings. The van der Waals surface area contributed by atoms with Crippen LogP contribution in [0.2, 0.25) is 0 Å². The normalized spacial score (nSPS) is 10.9. The first-order valence-electron chi connectivity index (χ1n) is 1.76. The third-order valence-electron chi connectivity index (χ3n) is 0.275. The Morgan fingerprint density at radius 1 is 1.78 bits per heavy atom. The Morgan fingerprint density at radius 2 is 2.22 bits per heavy atom.